The van der Waals surface area contributed by atoms with Gasteiger partial charge in [0, 0.05) is 0 Å². The quantitative estimate of drug-likeness (QED) is 0.782. The molecule has 0 saturated carbocycles. The van der Waals surface area contributed by atoms with Crippen LogP contribution in [0.2, 0.25) is 0 Å². The third-order valence-electron chi connectivity index (χ3n) is 2.50. The summed E-state index contributed by atoms with van der Waals surface area (Å²) in [5, 5.41) is 11.1. The molecule has 1 aromatic carbocycles. The predicted octanol–water partition coefficient (Wildman–Crippen LogP) is 1.56. The first-order valence-corrected chi connectivity index (χ1v) is 5.86. The summed E-state index contributed by atoms with van der Waals surface area (Å²) in [4.78, 5) is 7.52. The molecular weight excluding hydrogens is 265 g/mol. The third-order valence-corrected chi connectivity index (χ3v) is 2.50. The second-order valence-corrected chi connectivity index (χ2v) is 3.82. The number of rotatable bonds is 6. The van der Waals surface area contributed by atoms with E-state index in [1.807, 2.05) is 24.3 Å². The number of aliphatic hydroxyl groups excluding tert-OH is 1. The summed E-state index contributed by atoms with van der Waals surface area (Å²) < 4.78 is 23.6. The van der Waals surface area contributed by atoms with Crippen LogP contribution in [0.15, 0.2) is 30.5 Å². The molecule has 6 nitrogen and oxygen atoms in total. The number of nitrogens with zero attached hydrogens (tertiary/aromatic N) is 2. The molecule has 2 rings (SSSR count). The van der Waals surface area contributed by atoms with Crippen molar-refractivity contribution in [3.63, 3.8) is 0 Å². The van der Waals surface area contributed by atoms with Gasteiger partial charge in [0.25, 0.3) is 0 Å². The number of methoxy groups -OCH3 is 1. The van der Waals surface area contributed by atoms with Crippen LogP contribution < -0.4 is 14.8 Å². The van der Waals surface area contributed by atoms with E-state index in [0.29, 0.717) is 0 Å². The molecule has 0 radical (unpaired) electrons. The number of anilines is 1. The Balaban J connectivity index is 2.00. The molecule has 0 saturated heterocycles. The van der Waals surface area contributed by atoms with Gasteiger partial charge in [-0.05, 0) is 17.7 Å². The summed E-state index contributed by atoms with van der Waals surface area (Å²) in [5.41, 5.74) is 0.899. The van der Waals surface area contributed by atoms with Gasteiger partial charge in [0.2, 0.25) is 0 Å². The van der Waals surface area contributed by atoms with Crippen LogP contribution in [0.4, 0.5) is 10.2 Å². The van der Waals surface area contributed by atoms with Gasteiger partial charge in [-0.15, -0.1) is 0 Å². The standard InChI is InChI=1S/C13H14FN3O3/c1-19-10-4-2-9(3-5-10)7-20-13-15-6-11(14)12(17-13)16-8-18/h2-6,18H,7-8H2,1H3,(H,15,16,17). The fraction of sp³-hybridized carbons (Fsp3) is 0.231. The van der Waals surface area contributed by atoms with Gasteiger partial charge in [-0.2, -0.15) is 4.98 Å². The molecule has 0 aliphatic carbocycles. The van der Waals surface area contributed by atoms with Gasteiger partial charge in [-0.25, -0.2) is 9.37 Å². The average Bonchev–Trinajstić information content (AvgIpc) is 2.49. The van der Waals surface area contributed by atoms with Gasteiger partial charge in [-0.3, -0.25) is 0 Å². The Hall–Kier alpha value is -2.41. The van der Waals surface area contributed by atoms with Crippen molar-refractivity contribution in [2.75, 3.05) is 19.2 Å². The molecule has 1 heterocycles. The number of aromatic nitrogens is 2. The summed E-state index contributed by atoms with van der Waals surface area (Å²) >= 11 is 0. The summed E-state index contributed by atoms with van der Waals surface area (Å²) in [6.07, 6.45) is 0.981. The smallest absolute Gasteiger partial charge is 0.318 e. The summed E-state index contributed by atoms with van der Waals surface area (Å²) in [5.74, 6) is -0.00991. The zero-order chi connectivity index (χ0) is 14.4. The van der Waals surface area contributed by atoms with Crippen LogP contribution in [-0.2, 0) is 6.61 Å². The van der Waals surface area contributed by atoms with E-state index < -0.39 is 12.5 Å². The largest absolute Gasteiger partial charge is 0.497 e. The monoisotopic (exact) mass is 279 g/mol. The summed E-state index contributed by atoms with van der Waals surface area (Å²) in [7, 11) is 1.59. The first kappa shape index (κ1) is 14.0. The van der Waals surface area contributed by atoms with Crippen LogP contribution in [0.1, 0.15) is 5.56 Å². The van der Waals surface area contributed by atoms with Crippen LogP contribution in [0.5, 0.6) is 11.8 Å². The summed E-state index contributed by atoms with van der Waals surface area (Å²) in [6.45, 7) is -0.181. The highest BCUT2D eigenvalue weighted by atomic mass is 19.1. The van der Waals surface area contributed by atoms with E-state index in [0.717, 1.165) is 17.5 Å². The zero-order valence-corrected chi connectivity index (χ0v) is 10.8. The fourth-order valence-corrected chi connectivity index (χ4v) is 1.49. The van der Waals surface area contributed by atoms with Crippen LogP contribution in [0.25, 0.3) is 0 Å². The molecule has 2 aromatic rings. The Bertz CT molecular complexity index is 563. The lowest BCUT2D eigenvalue weighted by Crippen LogP contribution is -2.07. The maximum absolute atomic E-state index is 13.2. The Labute approximate surface area is 115 Å². The SMILES string of the molecule is COc1ccc(COc2ncc(F)c(NCO)n2)cc1. The zero-order valence-electron chi connectivity index (χ0n) is 10.8. The molecule has 2 N–H and O–H groups in total. The van der Waals surface area contributed by atoms with Crippen LogP contribution in [0.3, 0.4) is 0 Å². The molecule has 0 bridgehead atoms. The minimum atomic E-state index is -0.657. The Morgan fingerprint density at radius 3 is 2.70 bits per heavy atom. The number of hydrogen-bond donors (Lipinski definition) is 2. The minimum Gasteiger partial charge on any atom is -0.497 e. The Kier molecular flexibility index (Phi) is 4.67. The molecule has 0 spiro atoms. The van der Waals surface area contributed by atoms with Crippen LogP contribution in [-0.4, -0.2) is 28.9 Å². The highest BCUT2D eigenvalue weighted by Gasteiger charge is 2.07. The number of ether oxygens (including phenoxy) is 2. The van der Waals surface area contributed by atoms with E-state index in [-0.39, 0.29) is 18.4 Å². The Morgan fingerprint density at radius 1 is 1.30 bits per heavy atom. The number of nitrogens with one attached hydrogen (secondary N) is 1. The van der Waals surface area contributed by atoms with Crippen molar-refractivity contribution in [3.05, 3.63) is 41.8 Å². The van der Waals surface area contributed by atoms with Gasteiger partial charge >= 0.3 is 6.01 Å². The van der Waals surface area contributed by atoms with Gasteiger partial charge in [0.05, 0.1) is 13.3 Å². The number of halogens is 1. The van der Waals surface area contributed by atoms with Gasteiger partial charge < -0.3 is 19.9 Å². The van der Waals surface area contributed by atoms with Crippen molar-refractivity contribution in [2.24, 2.45) is 0 Å². The van der Waals surface area contributed by atoms with E-state index in [1.54, 1.807) is 7.11 Å². The number of aliphatic hydroxyl groups is 1. The third kappa shape index (κ3) is 3.55. The van der Waals surface area contributed by atoms with E-state index in [1.165, 1.54) is 0 Å². The second-order valence-electron chi connectivity index (χ2n) is 3.82. The summed E-state index contributed by atoms with van der Waals surface area (Å²) in [6, 6.07) is 7.33. The molecule has 0 atom stereocenters. The van der Waals surface area contributed by atoms with Crippen molar-refractivity contribution in [2.45, 2.75) is 6.61 Å². The average molecular weight is 279 g/mol. The van der Waals surface area contributed by atoms with E-state index in [2.05, 4.69) is 15.3 Å². The van der Waals surface area contributed by atoms with Crippen LogP contribution >= 0.6 is 0 Å². The molecule has 7 heteroatoms. The fourth-order valence-electron chi connectivity index (χ4n) is 1.49. The Morgan fingerprint density at radius 2 is 2.05 bits per heavy atom. The molecule has 0 amide bonds. The van der Waals surface area contributed by atoms with Gasteiger partial charge in [0.1, 0.15) is 19.1 Å². The highest BCUT2D eigenvalue weighted by molar-refractivity contribution is 5.35. The predicted molar refractivity (Wildman–Crippen MR) is 70.0 cm³/mol. The second kappa shape index (κ2) is 6.67. The first-order valence-electron chi connectivity index (χ1n) is 5.86. The lowest BCUT2D eigenvalue weighted by molar-refractivity contribution is 0.278. The molecule has 0 fully saturated rings. The molecular formula is C13H14FN3O3. The van der Waals surface area contributed by atoms with E-state index >= 15 is 0 Å². The van der Waals surface area contributed by atoms with Crippen molar-refractivity contribution >= 4 is 5.82 Å². The maximum atomic E-state index is 13.2. The number of benzene rings is 1. The van der Waals surface area contributed by atoms with Crippen molar-refractivity contribution in [3.8, 4) is 11.8 Å². The lowest BCUT2D eigenvalue weighted by atomic mass is 10.2. The van der Waals surface area contributed by atoms with Crippen molar-refractivity contribution < 1.29 is 19.0 Å². The van der Waals surface area contributed by atoms with E-state index in [4.69, 9.17) is 14.6 Å². The number of hydrogen-bond acceptors (Lipinski definition) is 6. The van der Waals surface area contributed by atoms with E-state index in [9.17, 15) is 4.39 Å². The van der Waals surface area contributed by atoms with Gasteiger partial charge in [-0.1, -0.05) is 12.1 Å². The minimum absolute atomic E-state index is 0.0261. The molecule has 20 heavy (non-hydrogen) atoms. The molecule has 0 aliphatic heterocycles. The lowest BCUT2D eigenvalue weighted by Gasteiger charge is -2.07. The first-order chi connectivity index (χ1) is 9.72. The molecule has 0 unspecified atom stereocenters. The molecule has 106 valence electrons. The van der Waals surface area contributed by atoms with Crippen LogP contribution in [0, 0.1) is 5.82 Å². The van der Waals surface area contributed by atoms with Crippen molar-refractivity contribution in [1.82, 2.24) is 9.97 Å². The molecule has 0 aliphatic rings. The van der Waals surface area contributed by atoms with Crippen molar-refractivity contribution in [1.29, 1.82) is 0 Å². The molecule has 1 aromatic heterocycles. The normalized spacial score (nSPS) is 10.2. The van der Waals surface area contributed by atoms with Gasteiger partial charge in [0.15, 0.2) is 11.6 Å². The maximum Gasteiger partial charge on any atom is 0.318 e. The highest BCUT2D eigenvalue weighted by Crippen LogP contribution is 2.15. The topological polar surface area (TPSA) is 76.5 Å².